The molecule has 3 nitrogen and oxygen atoms in total. The van der Waals surface area contributed by atoms with Gasteiger partial charge < -0.3 is 10.8 Å². The van der Waals surface area contributed by atoms with Gasteiger partial charge in [0.15, 0.2) is 0 Å². The van der Waals surface area contributed by atoms with Crippen molar-refractivity contribution in [3.63, 3.8) is 0 Å². The predicted octanol–water partition coefficient (Wildman–Crippen LogP) is 2.87. The number of benzene rings is 1. The first-order valence-electron chi connectivity index (χ1n) is 5.21. The van der Waals surface area contributed by atoms with Crippen molar-refractivity contribution in [2.24, 2.45) is 5.73 Å². The Morgan fingerprint density at radius 3 is 2.94 bits per heavy atom. The molecule has 1 aromatic heterocycles. The lowest BCUT2D eigenvalue weighted by Gasteiger charge is -2.04. The van der Waals surface area contributed by atoms with Gasteiger partial charge >= 0.3 is 0 Å². The zero-order valence-electron chi connectivity index (χ0n) is 9.35. The fourth-order valence-electron chi connectivity index (χ4n) is 1.58. The fourth-order valence-corrected chi connectivity index (χ4v) is 3.03. The highest BCUT2D eigenvalue weighted by atomic mass is 79.9. The lowest BCUT2D eigenvalue weighted by atomic mass is 10.2. The molecule has 2 rings (SSSR count). The Kier molecular flexibility index (Phi) is 3.93. The van der Waals surface area contributed by atoms with Crippen LogP contribution in [0.5, 0.6) is 0 Å². The Hall–Kier alpha value is -0.750. The number of hydrogen-bond donors (Lipinski definition) is 2. The summed E-state index contributed by atoms with van der Waals surface area (Å²) in [6.45, 7) is 1.86. The van der Waals surface area contributed by atoms with E-state index in [1.54, 1.807) is 0 Å². The Balaban J connectivity index is 2.41. The fraction of sp³-hybridized carbons (Fsp3) is 0.250. The summed E-state index contributed by atoms with van der Waals surface area (Å²) in [6.07, 6.45) is 0. The highest BCUT2D eigenvalue weighted by Crippen LogP contribution is 2.31. The van der Waals surface area contributed by atoms with Gasteiger partial charge in [-0.15, -0.1) is 11.3 Å². The molecular weight excluding hydrogens is 300 g/mol. The summed E-state index contributed by atoms with van der Waals surface area (Å²) < 4.78 is 1.02. The molecular formula is C12H13BrN2OS. The van der Waals surface area contributed by atoms with E-state index in [4.69, 9.17) is 10.8 Å². The predicted molar refractivity (Wildman–Crippen MR) is 74.0 cm³/mol. The molecule has 5 heteroatoms. The normalized spacial score (nSPS) is 12.7. The smallest absolute Gasteiger partial charge is 0.123 e. The van der Waals surface area contributed by atoms with E-state index in [1.807, 2.05) is 31.2 Å². The van der Waals surface area contributed by atoms with Crippen molar-refractivity contribution in [3.05, 3.63) is 39.3 Å². The standard InChI is InChI=1S/C12H13BrN2OS/c1-7-11(10(14)6-16)17-12(15-7)8-3-2-4-9(13)5-8/h2-5,10,16H,6,14H2,1H3. The van der Waals surface area contributed by atoms with E-state index < -0.39 is 0 Å². The van der Waals surface area contributed by atoms with E-state index in [9.17, 15) is 0 Å². The average molecular weight is 313 g/mol. The first kappa shape index (κ1) is 12.7. The lowest BCUT2D eigenvalue weighted by Crippen LogP contribution is -2.13. The zero-order valence-corrected chi connectivity index (χ0v) is 11.8. The third kappa shape index (κ3) is 2.74. The molecule has 0 bridgehead atoms. The number of aryl methyl sites for hydroxylation is 1. The molecule has 0 saturated carbocycles. The molecule has 0 amide bonds. The minimum atomic E-state index is -0.339. The second-order valence-corrected chi connectivity index (χ2v) is 5.71. The van der Waals surface area contributed by atoms with Crippen LogP contribution in [0.3, 0.4) is 0 Å². The minimum absolute atomic E-state index is 0.0546. The maximum absolute atomic E-state index is 9.08. The number of thiazole rings is 1. The van der Waals surface area contributed by atoms with Gasteiger partial charge in [-0.25, -0.2) is 4.98 Å². The van der Waals surface area contributed by atoms with Gasteiger partial charge in [-0.3, -0.25) is 0 Å². The van der Waals surface area contributed by atoms with Crippen LogP contribution in [0, 0.1) is 6.92 Å². The van der Waals surface area contributed by atoms with Crippen LogP contribution < -0.4 is 5.73 Å². The average Bonchev–Trinajstić information content (AvgIpc) is 2.70. The van der Waals surface area contributed by atoms with Crippen LogP contribution in [-0.4, -0.2) is 16.7 Å². The second kappa shape index (κ2) is 5.27. The van der Waals surface area contributed by atoms with Crippen molar-refractivity contribution in [1.82, 2.24) is 4.98 Å². The SMILES string of the molecule is Cc1nc(-c2cccc(Br)c2)sc1C(N)CO. The van der Waals surface area contributed by atoms with Crippen molar-refractivity contribution in [1.29, 1.82) is 0 Å². The lowest BCUT2D eigenvalue weighted by molar-refractivity contribution is 0.269. The molecule has 0 aliphatic heterocycles. The van der Waals surface area contributed by atoms with Crippen molar-refractivity contribution >= 4 is 27.3 Å². The highest BCUT2D eigenvalue weighted by molar-refractivity contribution is 9.10. The number of rotatable bonds is 3. The monoisotopic (exact) mass is 312 g/mol. The van der Waals surface area contributed by atoms with E-state index in [0.29, 0.717) is 0 Å². The third-order valence-corrected chi connectivity index (χ3v) is 4.27. The summed E-state index contributed by atoms with van der Waals surface area (Å²) in [6, 6.07) is 7.64. The highest BCUT2D eigenvalue weighted by Gasteiger charge is 2.14. The Morgan fingerprint density at radius 1 is 1.53 bits per heavy atom. The van der Waals surface area contributed by atoms with E-state index >= 15 is 0 Å². The molecule has 2 aromatic rings. The first-order valence-corrected chi connectivity index (χ1v) is 6.82. The summed E-state index contributed by atoms with van der Waals surface area (Å²) in [7, 11) is 0. The van der Waals surface area contributed by atoms with Crippen molar-refractivity contribution in [3.8, 4) is 10.6 Å². The molecule has 90 valence electrons. The number of halogens is 1. The number of nitrogens with two attached hydrogens (primary N) is 1. The van der Waals surface area contributed by atoms with Crippen LogP contribution in [0.2, 0.25) is 0 Å². The van der Waals surface area contributed by atoms with Gasteiger partial charge in [0.05, 0.1) is 18.3 Å². The third-order valence-electron chi connectivity index (χ3n) is 2.44. The number of aromatic nitrogens is 1. The van der Waals surface area contributed by atoms with Gasteiger partial charge in [0.2, 0.25) is 0 Å². The molecule has 1 heterocycles. The molecule has 1 aromatic carbocycles. The van der Waals surface area contributed by atoms with Gasteiger partial charge in [-0.2, -0.15) is 0 Å². The maximum Gasteiger partial charge on any atom is 0.123 e. The summed E-state index contributed by atoms with van der Waals surface area (Å²) in [4.78, 5) is 5.44. The summed E-state index contributed by atoms with van der Waals surface area (Å²) >= 11 is 4.98. The van der Waals surface area contributed by atoms with Gasteiger partial charge in [0, 0.05) is 14.9 Å². The summed E-state index contributed by atoms with van der Waals surface area (Å²) in [5.41, 5.74) is 7.78. The van der Waals surface area contributed by atoms with E-state index in [-0.39, 0.29) is 12.6 Å². The zero-order chi connectivity index (χ0) is 12.4. The summed E-state index contributed by atoms with van der Waals surface area (Å²) in [5, 5.41) is 10.0. The van der Waals surface area contributed by atoms with E-state index in [0.717, 1.165) is 25.6 Å². The van der Waals surface area contributed by atoms with Crippen molar-refractivity contribution in [2.75, 3.05) is 6.61 Å². The molecule has 1 atom stereocenters. The van der Waals surface area contributed by atoms with Gasteiger partial charge in [0.1, 0.15) is 5.01 Å². The summed E-state index contributed by atoms with van der Waals surface area (Å²) in [5.74, 6) is 0. The maximum atomic E-state index is 9.08. The number of hydrogen-bond acceptors (Lipinski definition) is 4. The van der Waals surface area contributed by atoms with Gasteiger partial charge in [-0.05, 0) is 19.1 Å². The Morgan fingerprint density at radius 2 is 2.29 bits per heavy atom. The van der Waals surface area contributed by atoms with Crippen LogP contribution in [0.25, 0.3) is 10.6 Å². The quantitative estimate of drug-likeness (QED) is 0.916. The van der Waals surface area contributed by atoms with Crippen molar-refractivity contribution < 1.29 is 5.11 Å². The molecule has 0 aliphatic carbocycles. The molecule has 1 unspecified atom stereocenters. The second-order valence-electron chi connectivity index (χ2n) is 3.77. The van der Waals surface area contributed by atoms with Crippen LogP contribution in [-0.2, 0) is 0 Å². The van der Waals surface area contributed by atoms with Gasteiger partial charge in [0.25, 0.3) is 0 Å². The molecule has 0 saturated heterocycles. The largest absolute Gasteiger partial charge is 0.394 e. The van der Waals surface area contributed by atoms with Gasteiger partial charge in [-0.1, -0.05) is 28.1 Å². The van der Waals surface area contributed by atoms with Crippen molar-refractivity contribution in [2.45, 2.75) is 13.0 Å². The number of aliphatic hydroxyl groups excluding tert-OH is 1. The molecule has 17 heavy (non-hydrogen) atoms. The Labute approximate surface area is 112 Å². The topological polar surface area (TPSA) is 59.1 Å². The van der Waals surface area contributed by atoms with Crippen LogP contribution in [0.15, 0.2) is 28.7 Å². The van der Waals surface area contributed by atoms with E-state index in [2.05, 4.69) is 20.9 Å². The van der Waals surface area contributed by atoms with Crippen LogP contribution in [0.4, 0.5) is 0 Å². The number of nitrogens with zero attached hydrogens (tertiary/aromatic N) is 1. The molecule has 0 radical (unpaired) electrons. The van der Waals surface area contributed by atoms with Crippen LogP contribution in [0.1, 0.15) is 16.6 Å². The van der Waals surface area contributed by atoms with E-state index in [1.165, 1.54) is 11.3 Å². The molecule has 0 aliphatic rings. The number of aliphatic hydroxyl groups is 1. The molecule has 3 N–H and O–H groups in total. The van der Waals surface area contributed by atoms with Crippen LogP contribution >= 0.6 is 27.3 Å². The first-order chi connectivity index (χ1) is 8.11. The molecule has 0 fully saturated rings. The molecule has 0 spiro atoms. The Bertz CT molecular complexity index is 527. The minimum Gasteiger partial charge on any atom is -0.394 e.